The molecule has 0 radical (unpaired) electrons. The van der Waals surface area contributed by atoms with E-state index in [1.807, 2.05) is 0 Å². The van der Waals surface area contributed by atoms with Crippen molar-refractivity contribution in [1.29, 1.82) is 0 Å². The fraction of sp³-hybridized carbons (Fsp3) is 0.509. The minimum atomic E-state index is -1.70. The SMILES string of the molecule is CC[C@H](C)[C@H](NC(=O)[C@H](CCCCN)NC(=O)[C@H](CCC(=O)O)NC(=O)[C@H](CO)NC(=O)[C@@H](NC(=O)[C@@H](N)Cc1ccccc1)C(C)C)C(=O)N[C@@H](Cc1ccccc1)C(=O)N[C@@H](Cc1ccccc1)C(=O)N[C@H](C(=O)O)C(C)C. The second kappa shape index (κ2) is 34.3. The topological polar surface area (TPSA) is 380 Å². The highest BCUT2D eigenvalue weighted by atomic mass is 16.4. The molecule has 0 aliphatic heterocycles. The van der Waals surface area contributed by atoms with E-state index in [2.05, 4.69) is 42.5 Å². The molecule has 0 heterocycles. The van der Waals surface area contributed by atoms with Gasteiger partial charge < -0.3 is 69.3 Å². The molecule has 15 N–H and O–H groups in total. The fourth-order valence-electron chi connectivity index (χ4n) is 8.43. The molecule has 23 nitrogen and oxygen atoms in total. The Bertz CT molecular complexity index is 2500. The zero-order chi connectivity index (χ0) is 59.5. The van der Waals surface area contributed by atoms with Crippen LogP contribution in [0.3, 0.4) is 0 Å². The number of aliphatic hydroxyl groups is 1. The molecule has 0 aliphatic carbocycles. The molecule has 10 atom stereocenters. The number of amides is 8. The Kier molecular flexibility index (Phi) is 28.5. The van der Waals surface area contributed by atoms with Crippen molar-refractivity contribution < 1.29 is 63.3 Å². The molecule has 8 amide bonds. The number of carboxylic acids is 2. The van der Waals surface area contributed by atoms with E-state index in [-0.39, 0.29) is 38.6 Å². The summed E-state index contributed by atoms with van der Waals surface area (Å²) in [5.41, 5.74) is 14.0. The molecule has 0 spiro atoms. The minimum absolute atomic E-state index is 0.0388. The van der Waals surface area contributed by atoms with E-state index in [0.29, 0.717) is 24.0 Å². The van der Waals surface area contributed by atoms with Crippen LogP contribution in [0.15, 0.2) is 91.0 Å². The van der Waals surface area contributed by atoms with Crippen LogP contribution in [0.25, 0.3) is 0 Å². The average molecular weight is 1120 g/mol. The number of benzene rings is 3. The van der Waals surface area contributed by atoms with Crippen LogP contribution >= 0.6 is 0 Å². The lowest BCUT2D eigenvalue weighted by atomic mass is 9.96. The molecular weight excluding hydrogens is 1030 g/mol. The largest absolute Gasteiger partial charge is 0.481 e. The van der Waals surface area contributed by atoms with Gasteiger partial charge >= 0.3 is 11.9 Å². The van der Waals surface area contributed by atoms with Crippen LogP contribution in [0.4, 0.5) is 0 Å². The summed E-state index contributed by atoms with van der Waals surface area (Å²) in [4.78, 5) is 136. The maximum absolute atomic E-state index is 14.5. The van der Waals surface area contributed by atoms with Gasteiger partial charge in [0, 0.05) is 19.3 Å². The van der Waals surface area contributed by atoms with Gasteiger partial charge in [0.25, 0.3) is 0 Å². The molecule has 0 bridgehead atoms. The predicted octanol–water partition coefficient (Wildman–Crippen LogP) is 0.349. The van der Waals surface area contributed by atoms with Crippen molar-refractivity contribution in [3.05, 3.63) is 108 Å². The monoisotopic (exact) mass is 1110 g/mol. The molecule has 23 heteroatoms. The molecule has 438 valence electrons. The number of nitrogens with two attached hydrogens (primary N) is 2. The lowest BCUT2D eigenvalue weighted by molar-refractivity contribution is -0.143. The summed E-state index contributed by atoms with van der Waals surface area (Å²) < 4.78 is 0. The van der Waals surface area contributed by atoms with Crippen molar-refractivity contribution in [2.45, 2.75) is 154 Å². The number of carbonyl (C=O) groups is 10. The Balaban J connectivity index is 1.89. The second-order valence-electron chi connectivity index (χ2n) is 20.6. The number of carboxylic acid groups (broad SMARTS) is 2. The van der Waals surface area contributed by atoms with Crippen LogP contribution < -0.4 is 54.0 Å². The third kappa shape index (κ3) is 22.5. The van der Waals surface area contributed by atoms with Crippen molar-refractivity contribution in [2.75, 3.05) is 13.2 Å². The molecule has 0 saturated carbocycles. The maximum atomic E-state index is 14.5. The van der Waals surface area contributed by atoms with Crippen molar-refractivity contribution in [1.82, 2.24) is 42.5 Å². The van der Waals surface area contributed by atoms with Crippen molar-refractivity contribution in [2.24, 2.45) is 29.2 Å². The first kappa shape index (κ1) is 66.5. The number of hydrogen-bond acceptors (Lipinski definition) is 13. The standard InChI is InChI=1S/C57H82N10O13/c1-7-35(6)48(56(78)63-42(30-37-21-13-9-14-22-37)52(74)62-43(31-38-23-15-10-16-24-38)53(75)66-47(34(4)5)57(79)80)67-51(73)40(25-17-18-28-58)60-50(72)41(26-27-45(69)70)61-54(76)44(32-68)64-55(77)46(33(2)3)65-49(71)39(59)29-36-19-11-8-12-20-36/h8-16,19-24,33-35,39-44,46-48,68H,7,17-18,25-32,58-59H2,1-6H3,(H,60,72)(H,61,76)(H,62,74)(H,63,78)(H,64,77)(H,65,71)(H,66,75)(H,67,73)(H,69,70)(H,79,80)/t35-,39-,40-,41-,42-,43-,44-,46-,47-,48-/m0/s1. The van der Waals surface area contributed by atoms with Crippen LogP contribution in [0.5, 0.6) is 0 Å². The summed E-state index contributed by atoms with van der Waals surface area (Å²) in [6, 6.07) is 14.1. The van der Waals surface area contributed by atoms with Gasteiger partial charge in [0.15, 0.2) is 0 Å². The third-order valence-electron chi connectivity index (χ3n) is 13.4. The van der Waals surface area contributed by atoms with E-state index in [0.717, 1.165) is 5.56 Å². The summed E-state index contributed by atoms with van der Waals surface area (Å²) in [5.74, 6) is -11.1. The highest BCUT2D eigenvalue weighted by Crippen LogP contribution is 2.15. The van der Waals surface area contributed by atoms with Crippen LogP contribution in [-0.4, -0.2) is 142 Å². The molecule has 3 aromatic carbocycles. The summed E-state index contributed by atoms with van der Waals surface area (Å²) >= 11 is 0. The van der Waals surface area contributed by atoms with Gasteiger partial charge in [0.1, 0.15) is 48.3 Å². The molecule has 0 unspecified atom stereocenters. The summed E-state index contributed by atoms with van der Waals surface area (Å²) in [6.07, 6.45) is -0.131. The van der Waals surface area contributed by atoms with Gasteiger partial charge in [-0.1, -0.05) is 139 Å². The zero-order valence-corrected chi connectivity index (χ0v) is 46.4. The summed E-state index contributed by atoms with van der Waals surface area (Å²) in [5, 5.41) is 50.5. The number of rotatable bonds is 35. The Hall–Kier alpha value is -7.76. The molecule has 3 aromatic rings. The van der Waals surface area contributed by atoms with Gasteiger partial charge in [-0.05, 0) is 73.1 Å². The van der Waals surface area contributed by atoms with Crippen molar-refractivity contribution in [3.8, 4) is 0 Å². The van der Waals surface area contributed by atoms with Crippen molar-refractivity contribution >= 4 is 59.2 Å². The number of nitrogens with one attached hydrogen (secondary N) is 8. The van der Waals surface area contributed by atoms with E-state index in [4.69, 9.17) is 11.5 Å². The molecule has 0 saturated heterocycles. The molecule has 80 heavy (non-hydrogen) atoms. The van der Waals surface area contributed by atoms with E-state index < -0.39 is 151 Å². The van der Waals surface area contributed by atoms with Gasteiger partial charge in [0.05, 0.1) is 12.6 Å². The van der Waals surface area contributed by atoms with E-state index in [1.165, 1.54) is 0 Å². The number of unbranched alkanes of at least 4 members (excludes halogenated alkanes) is 1. The number of aliphatic hydroxyl groups excluding tert-OH is 1. The fourth-order valence-corrected chi connectivity index (χ4v) is 8.43. The second-order valence-corrected chi connectivity index (χ2v) is 20.6. The number of hydrogen-bond donors (Lipinski definition) is 13. The van der Waals surface area contributed by atoms with Gasteiger partial charge in [-0.25, -0.2) is 4.79 Å². The highest BCUT2D eigenvalue weighted by Gasteiger charge is 2.37. The van der Waals surface area contributed by atoms with Gasteiger partial charge in [-0.15, -0.1) is 0 Å². The predicted molar refractivity (Wildman–Crippen MR) is 297 cm³/mol. The Morgan fingerprint density at radius 1 is 0.450 bits per heavy atom. The number of carbonyl (C=O) groups excluding carboxylic acids is 8. The first-order valence-electron chi connectivity index (χ1n) is 27.1. The minimum Gasteiger partial charge on any atom is -0.481 e. The quantitative estimate of drug-likeness (QED) is 0.0354. The number of aliphatic carboxylic acids is 2. The van der Waals surface area contributed by atoms with E-state index >= 15 is 0 Å². The third-order valence-corrected chi connectivity index (χ3v) is 13.4. The molecular formula is C57H82N10O13. The zero-order valence-electron chi connectivity index (χ0n) is 46.4. The first-order chi connectivity index (χ1) is 38.0. The summed E-state index contributed by atoms with van der Waals surface area (Å²) in [6.45, 7) is 9.19. The van der Waals surface area contributed by atoms with Gasteiger partial charge in [0.2, 0.25) is 47.3 Å². The average Bonchev–Trinajstić information content (AvgIpc) is 3.45. The van der Waals surface area contributed by atoms with Crippen LogP contribution in [-0.2, 0) is 67.2 Å². The van der Waals surface area contributed by atoms with Gasteiger partial charge in [-0.2, -0.15) is 0 Å². The smallest absolute Gasteiger partial charge is 0.326 e. The summed E-state index contributed by atoms with van der Waals surface area (Å²) in [7, 11) is 0. The maximum Gasteiger partial charge on any atom is 0.326 e. The first-order valence-corrected chi connectivity index (χ1v) is 27.1. The van der Waals surface area contributed by atoms with E-state index in [1.54, 1.807) is 133 Å². The lowest BCUT2D eigenvalue weighted by Crippen LogP contribution is -2.62. The van der Waals surface area contributed by atoms with Crippen LogP contribution in [0.1, 0.15) is 96.8 Å². The molecule has 0 aromatic heterocycles. The molecule has 3 rings (SSSR count). The van der Waals surface area contributed by atoms with Crippen molar-refractivity contribution in [3.63, 3.8) is 0 Å². The van der Waals surface area contributed by atoms with Crippen LogP contribution in [0, 0.1) is 17.8 Å². The normalized spacial score (nSPS) is 14.9. The van der Waals surface area contributed by atoms with Crippen LogP contribution in [0.2, 0.25) is 0 Å². The Morgan fingerprint density at radius 2 is 0.825 bits per heavy atom. The van der Waals surface area contributed by atoms with Gasteiger partial charge in [-0.3, -0.25) is 43.2 Å². The van der Waals surface area contributed by atoms with E-state index in [9.17, 15) is 63.3 Å². The Labute approximate surface area is 467 Å². The highest BCUT2D eigenvalue weighted by molar-refractivity contribution is 5.98. The molecule has 0 fully saturated rings. The molecule has 0 aliphatic rings. The Morgan fingerprint density at radius 3 is 1.27 bits per heavy atom. The lowest BCUT2D eigenvalue weighted by Gasteiger charge is -2.30.